The van der Waals surface area contributed by atoms with Gasteiger partial charge >= 0.3 is 18.2 Å². The Hall–Kier alpha value is -2.53. The Morgan fingerprint density at radius 1 is 1.12 bits per heavy atom. The van der Waals surface area contributed by atoms with E-state index in [0.29, 0.717) is 18.9 Å². The van der Waals surface area contributed by atoms with Crippen LogP contribution in [0.15, 0.2) is 24.3 Å². The van der Waals surface area contributed by atoms with Gasteiger partial charge in [-0.15, -0.1) is 0 Å². The quantitative estimate of drug-likeness (QED) is 0.341. The zero-order valence-corrected chi connectivity index (χ0v) is 19.9. The maximum atomic E-state index is 12.4. The van der Waals surface area contributed by atoms with Crippen molar-refractivity contribution < 1.29 is 42.1 Å². The fourth-order valence-corrected chi connectivity index (χ4v) is 2.89. The summed E-state index contributed by atoms with van der Waals surface area (Å²) in [5, 5.41) is 12.0. The molecule has 0 saturated carbocycles. The molecular formula is C23H35F3N2O6. The number of hydrogen-bond donors (Lipinski definition) is 2. The number of urea groups is 1. The van der Waals surface area contributed by atoms with E-state index in [1.165, 1.54) is 4.90 Å². The highest BCUT2D eigenvalue weighted by Gasteiger charge is 2.27. The van der Waals surface area contributed by atoms with E-state index in [1.807, 2.05) is 13.8 Å². The summed E-state index contributed by atoms with van der Waals surface area (Å²) in [5.74, 6) is -0.232. The topological polar surface area (TPSA) is 97.3 Å². The number of carbonyl (C=O) groups is 2. The molecule has 0 spiro atoms. The van der Waals surface area contributed by atoms with E-state index >= 15 is 0 Å². The van der Waals surface area contributed by atoms with Crippen LogP contribution < -0.4 is 10.1 Å². The maximum absolute atomic E-state index is 12.4. The van der Waals surface area contributed by atoms with E-state index in [2.05, 4.69) is 10.1 Å². The van der Waals surface area contributed by atoms with Gasteiger partial charge in [-0.1, -0.05) is 26.0 Å². The Morgan fingerprint density at radius 2 is 1.79 bits per heavy atom. The lowest BCUT2D eigenvalue weighted by Gasteiger charge is -2.24. The van der Waals surface area contributed by atoms with Gasteiger partial charge in [-0.25, -0.2) is 9.59 Å². The lowest BCUT2D eigenvalue weighted by atomic mass is 10.1. The molecule has 8 nitrogen and oxygen atoms in total. The number of carboxylic acid groups (broad SMARTS) is 1. The van der Waals surface area contributed by atoms with E-state index in [-0.39, 0.29) is 51.1 Å². The van der Waals surface area contributed by atoms with Crippen molar-refractivity contribution >= 4 is 12.0 Å². The average Bonchev–Trinajstić information content (AvgIpc) is 2.76. The summed E-state index contributed by atoms with van der Waals surface area (Å²) in [6, 6.07) is 6.58. The molecule has 2 amide bonds. The summed E-state index contributed by atoms with van der Waals surface area (Å²) in [7, 11) is 0. The highest BCUT2D eigenvalue weighted by molar-refractivity contribution is 5.74. The molecule has 0 saturated heterocycles. The first-order chi connectivity index (χ1) is 16.0. The second kappa shape index (κ2) is 15.4. The number of ether oxygens (including phenoxy) is 3. The predicted molar refractivity (Wildman–Crippen MR) is 120 cm³/mol. The molecular weight excluding hydrogens is 457 g/mol. The third kappa shape index (κ3) is 13.2. The summed E-state index contributed by atoms with van der Waals surface area (Å²) < 4.78 is 52.1. The van der Waals surface area contributed by atoms with Gasteiger partial charge in [0, 0.05) is 32.7 Å². The number of alkyl halides is 3. The molecule has 1 unspecified atom stereocenters. The van der Waals surface area contributed by atoms with Crippen LogP contribution >= 0.6 is 0 Å². The second-order valence-electron chi connectivity index (χ2n) is 8.07. The molecule has 194 valence electrons. The minimum absolute atomic E-state index is 0.116. The molecule has 0 bridgehead atoms. The first-order valence-corrected chi connectivity index (χ1v) is 11.2. The number of halogens is 3. The SMILES string of the molecule is CCOC(Cc1ccc(OCCN(CCCOCC(F)(F)F)C(=O)NCC(C)C)cc1)C(=O)O. The standard InChI is InChI=1S/C23H35F3N2O6/c1-4-33-20(21(29)30)14-18-6-8-19(9-7-18)34-13-11-28(22(31)27-15-17(2)3)10-5-12-32-16-23(24,25)26/h6-9,17,20H,4-5,10-16H2,1-3H3,(H,27,31)(H,29,30). The van der Waals surface area contributed by atoms with Crippen molar-refractivity contribution in [2.45, 2.75) is 45.9 Å². The number of nitrogens with one attached hydrogen (secondary N) is 1. The first kappa shape index (κ1) is 29.5. The molecule has 0 fully saturated rings. The molecule has 0 aliphatic heterocycles. The van der Waals surface area contributed by atoms with Gasteiger partial charge in [0.25, 0.3) is 0 Å². The van der Waals surface area contributed by atoms with Crippen molar-refractivity contribution in [1.82, 2.24) is 10.2 Å². The lowest BCUT2D eigenvalue weighted by Crippen LogP contribution is -2.44. The normalized spacial score (nSPS) is 12.4. The van der Waals surface area contributed by atoms with Crippen molar-refractivity contribution in [2.24, 2.45) is 5.92 Å². The second-order valence-corrected chi connectivity index (χ2v) is 8.07. The zero-order valence-electron chi connectivity index (χ0n) is 19.9. The molecule has 11 heteroatoms. The van der Waals surface area contributed by atoms with Crippen molar-refractivity contribution in [1.29, 1.82) is 0 Å². The molecule has 0 aromatic heterocycles. The largest absolute Gasteiger partial charge is 0.492 e. The summed E-state index contributed by atoms with van der Waals surface area (Å²) in [6.07, 6.45) is -4.82. The fraction of sp³-hybridized carbons (Fsp3) is 0.652. The lowest BCUT2D eigenvalue weighted by molar-refractivity contribution is -0.174. The number of amides is 2. The Morgan fingerprint density at radius 3 is 2.35 bits per heavy atom. The third-order valence-corrected chi connectivity index (χ3v) is 4.55. The van der Waals surface area contributed by atoms with Gasteiger partial charge < -0.3 is 29.5 Å². The van der Waals surface area contributed by atoms with Crippen molar-refractivity contribution in [3.63, 3.8) is 0 Å². The van der Waals surface area contributed by atoms with E-state index in [4.69, 9.17) is 9.47 Å². The van der Waals surface area contributed by atoms with Crippen molar-refractivity contribution in [3.8, 4) is 5.75 Å². The van der Waals surface area contributed by atoms with Crippen LogP contribution in [0.4, 0.5) is 18.0 Å². The van der Waals surface area contributed by atoms with Gasteiger partial charge in [-0.2, -0.15) is 13.2 Å². The van der Waals surface area contributed by atoms with Crippen LogP contribution in [-0.4, -0.2) is 80.3 Å². The van der Waals surface area contributed by atoms with Crippen LogP contribution in [0.3, 0.4) is 0 Å². The summed E-state index contributed by atoms with van der Waals surface area (Å²) in [5.41, 5.74) is 0.779. The van der Waals surface area contributed by atoms with Gasteiger partial charge in [-0.05, 0) is 37.0 Å². The Balaban J connectivity index is 2.55. The average molecular weight is 493 g/mol. The molecule has 1 rings (SSSR count). The highest BCUT2D eigenvalue weighted by Crippen LogP contribution is 2.16. The Bertz CT molecular complexity index is 728. The number of benzene rings is 1. The fourth-order valence-electron chi connectivity index (χ4n) is 2.89. The molecule has 0 aliphatic rings. The molecule has 1 atom stereocenters. The van der Waals surface area contributed by atoms with E-state index in [0.717, 1.165) is 5.56 Å². The zero-order chi connectivity index (χ0) is 25.6. The number of rotatable bonds is 16. The number of carboxylic acids is 1. The number of aliphatic carboxylic acids is 1. The van der Waals surface area contributed by atoms with E-state index in [9.17, 15) is 27.9 Å². The minimum Gasteiger partial charge on any atom is -0.492 e. The molecule has 34 heavy (non-hydrogen) atoms. The van der Waals surface area contributed by atoms with Crippen LogP contribution in [0.25, 0.3) is 0 Å². The van der Waals surface area contributed by atoms with Gasteiger partial charge in [0.05, 0.1) is 6.54 Å². The van der Waals surface area contributed by atoms with E-state index < -0.39 is 24.9 Å². The highest BCUT2D eigenvalue weighted by atomic mass is 19.4. The Kier molecular flexibility index (Phi) is 13.4. The molecule has 1 aromatic rings. The maximum Gasteiger partial charge on any atom is 0.411 e. The molecule has 0 aliphatic carbocycles. The summed E-state index contributed by atoms with van der Waals surface area (Å²) in [6.45, 7) is 5.61. The van der Waals surface area contributed by atoms with Crippen LogP contribution in [0.2, 0.25) is 0 Å². The predicted octanol–water partition coefficient (Wildman–Crippen LogP) is 3.73. The van der Waals surface area contributed by atoms with Crippen LogP contribution in [0, 0.1) is 5.92 Å². The van der Waals surface area contributed by atoms with Crippen LogP contribution in [0.5, 0.6) is 5.75 Å². The number of hydrogen-bond acceptors (Lipinski definition) is 5. The third-order valence-electron chi connectivity index (χ3n) is 4.55. The number of carbonyl (C=O) groups excluding carboxylic acids is 1. The van der Waals surface area contributed by atoms with Crippen molar-refractivity contribution in [2.75, 3.05) is 46.1 Å². The molecule has 1 aromatic carbocycles. The molecule has 2 N–H and O–H groups in total. The summed E-state index contributed by atoms with van der Waals surface area (Å²) in [4.78, 5) is 25.1. The minimum atomic E-state index is -4.38. The molecule has 0 radical (unpaired) electrons. The van der Waals surface area contributed by atoms with Gasteiger partial charge in [0.15, 0.2) is 6.10 Å². The monoisotopic (exact) mass is 492 g/mol. The molecule has 0 heterocycles. The van der Waals surface area contributed by atoms with Gasteiger partial charge in [0.1, 0.15) is 19.0 Å². The summed E-state index contributed by atoms with van der Waals surface area (Å²) >= 11 is 0. The van der Waals surface area contributed by atoms with Gasteiger partial charge in [0.2, 0.25) is 0 Å². The first-order valence-electron chi connectivity index (χ1n) is 11.2. The number of nitrogens with zero attached hydrogens (tertiary/aromatic N) is 1. The van der Waals surface area contributed by atoms with Crippen molar-refractivity contribution in [3.05, 3.63) is 29.8 Å². The van der Waals surface area contributed by atoms with Crippen LogP contribution in [-0.2, 0) is 20.7 Å². The Labute approximate surface area is 198 Å². The smallest absolute Gasteiger partial charge is 0.411 e. The van der Waals surface area contributed by atoms with Gasteiger partial charge in [-0.3, -0.25) is 0 Å². The van der Waals surface area contributed by atoms with E-state index in [1.54, 1.807) is 31.2 Å². The van der Waals surface area contributed by atoms with Crippen LogP contribution in [0.1, 0.15) is 32.8 Å².